The predicted octanol–water partition coefficient (Wildman–Crippen LogP) is 7.79. The number of hydrogen-bond donors (Lipinski definition) is 2. The number of fused-ring (bicyclic) bond motifs is 1. The van der Waals surface area contributed by atoms with Crippen LogP contribution in [0.2, 0.25) is 0 Å². The molecule has 1 atom stereocenters. The van der Waals surface area contributed by atoms with Gasteiger partial charge < -0.3 is 15.5 Å². The van der Waals surface area contributed by atoms with E-state index in [9.17, 15) is 9.59 Å². The maximum atomic E-state index is 13.1. The van der Waals surface area contributed by atoms with Crippen LogP contribution in [0.25, 0.3) is 11.3 Å². The van der Waals surface area contributed by atoms with Crippen molar-refractivity contribution in [3.8, 4) is 11.3 Å². The Morgan fingerprint density at radius 1 is 1.02 bits per heavy atom. The second-order valence-electron chi connectivity index (χ2n) is 11.2. The second-order valence-corrected chi connectivity index (χ2v) is 12.4. The van der Waals surface area contributed by atoms with Crippen LogP contribution in [0, 0.1) is 6.92 Å². The number of carbonyl (C=O) groups is 2. The molecule has 0 spiro atoms. The van der Waals surface area contributed by atoms with Crippen LogP contribution >= 0.6 is 11.3 Å². The van der Waals surface area contributed by atoms with E-state index in [1.54, 1.807) is 17.5 Å². The van der Waals surface area contributed by atoms with Crippen molar-refractivity contribution in [2.45, 2.75) is 71.3 Å². The van der Waals surface area contributed by atoms with E-state index in [-0.39, 0.29) is 11.8 Å². The molecule has 2 N–H and O–H groups in total. The zero-order valence-electron chi connectivity index (χ0n) is 24.3. The van der Waals surface area contributed by atoms with Crippen molar-refractivity contribution in [3.05, 3.63) is 87.2 Å². The average Bonchev–Trinajstić information content (AvgIpc) is 3.47. The minimum absolute atomic E-state index is 0.0628. The first-order chi connectivity index (χ1) is 20.5. The molecule has 2 amide bonds. The summed E-state index contributed by atoms with van der Waals surface area (Å²) >= 11 is 1.62. The van der Waals surface area contributed by atoms with E-state index in [0.29, 0.717) is 17.6 Å². The lowest BCUT2D eigenvalue weighted by atomic mass is 9.99. The lowest BCUT2D eigenvalue weighted by molar-refractivity contribution is 0.0608. The standard InChI is InChI=1S/C34H37N5O2S/c1-3-26-10-6-7-20-39(26)33(41)23-14-16-25(17-15-23)36-34-35-19-18-29(38-34)27-11-8-12-28(22(27)2)37-32(40)31-21-24-9-4-5-13-30(24)42-31/h8,11-12,14-19,21,26H,3-7,9-10,13,20H2,1-2H3,(H,37,40)(H,35,36,38). The van der Waals surface area contributed by atoms with Crippen molar-refractivity contribution in [2.24, 2.45) is 0 Å². The molecule has 0 saturated carbocycles. The molecule has 1 aliphatic carbocycles. The van der Waals surface area contributed by atoms with Gasteiger partial charge in [-0.2, -0.15) is 0 Å². The molecule has 7 nitrogen and oxygen atoms in total. The number of thiophene rings is 1. The van der Waals surface area contributed by atoms with Crippen molar-refractivity contribution in [1.29, 1.82) is 0 Å². The van der Waals surface area contributed by atoms with Gasteiger partial charge in [-0.15, -0.1) is 11.3 Å². The van der Waals surface area contributed by atoms with E-state index in [0.717, 1.165) is 71.7 Å². The Hall–Kier alpha value is -4.04. The Bertz CT molecular complexity index is 1570. The van der Waals surface area contributed by atoms with E-state index < -0.39 is 0 Å². The Balaban J connectivity index is 1.15. The first-order valence-corrected chi connectivity index (χ1v) is 15.9. The summed E-state index contributed by atoms with van der Waals surface area (Å²) in [4.78, 5) is 39.6. The van der Waals surface area contributed by atoms with Gasteiger partial charge in [0.2, 0.25) is 5.95 Å². The number of aryl methyl sites for hydroxylation is 2. The van der Waals surface area contributed by atoms with E-state index in [1.165, 1.54) is 29.7 Å². The summed E-state index contributed by atoms with van der Waals surface area (Å²) in [7, 11) is 0. The number of amides is 2. The van der Waals surface area contributed by atoms with Crippen LogP contribution in [-0.4, -0.2) is 39.3 Å². The largest absolute Gasteiger partial charge is 0.336 e. The third kappa shape index (κ3) is 5.95. The average molecular weight is 580 g/mol. The smallest absolute Gasteiger partial charge is 0.265 e. The van der Waals surface area contributed by atoms with E-state index in [4.69, 9.17) is 4.98 Å². The fourth-order valence-electron chi connectivity index (χ4n) is 6.09. The van der Waals surface area contributed by atoms with Gasteiger partial charge in [0.1, 0.15) is 0 Å². The van der Waals surface area contributed by atoms with Crippen LogP contribution in [0.4, 0.5) is 17.3 Å². The van der Waals surface area contributed by atoms with Crippen LogP contribution < -0.4 is 10.6 Å². The molecule has 42 heavy (non-hydrogen) atoms. The summed E-state index contributed by atoms with van der Waals surface area (Å²) in [6.45, 7) is 4.99. The summed E-state index contributed by atoms with van der Waals surface area (Å²) < 4.78 is 0. The number of anilines is 3. The fraction of sp³-hybridized carbons (Fsp3) is 0.353. The summed E-state index contributed by atoms with van der Waals surface area (Å²) in [6.07, 6.45) is 10.6. The van der Waals surface area contributed by atoms with E-state index >= 15 is 0 Å². The zero-order chi connectivity index (χ0) is 29.1. The zero-order valence-corrected chi connectivity index (χ0v) is 25.1. The van der Waals surface area contributed by atoms with Crippen LogP contribution in [0.3, 0.4) is 0 Å². The van der Waals surface area contributed by atoms with Gasteiger partial charge >= 0.3 is 0 Å². The van der Waals surface area contributed by atoms with Crippen molar-refractivity contribution in [1.82, 2.24) is 14.9 Å². The van der Waals surface area contributed by atoms with Crippen LogP contribution in [-0.2, 0) is 12.8 Å². The maximum absolute atomic E-state index is 13.1. The highest BCUT2D eigenvalue weighted by molar-refractivity contribution is 7.14. The number of benzene rings is 2. The molecule has 1 unspecified atom stereocenters. The third-order valence-corrected chi connectivity index (χ3v) is 9.72. The second kappa shape index (κ2) is 12.4. The highest BCUT2D eigenvalue weighted by atomic mass is 32.1. The molecule has 4 aromatic rings. The number of carbonyl (C=O) groups excluding carboxylic acids is 2. The normalized spacial score (nSPS) is 16.5. The Morgan fingerprint density at radius 2 is 1.86 bits per heavy atom. The van der Waals surface area contributed by atoms with Gasteiger partial charge in [0.05, 0.1) is 10.6 Å². The minimum Gasteiger partial charge on any atom is -0.336 e. The molecule has 1 saturated heterocycles. The molecule has 8 heteroatoms. The van der Waals surface area contributed by atoms with Gasteiger partial charge in [0.25, 0.3) is 11.8 Å². The molecule has 1 fully saturated rings. The quantitative estimate of drug-likeness (QED) is 0.233. The van der Waals surface area contributed by atoms with Gasteiger partial charge in [-0.3, -0.25) is 9.59 Å². The molecule has 3 heterocycles. The molecule has 1 aliphatic heterocycles. The van der Waals surface area contributed by atoms with Crippen molar-refractivity contribution < 1.29 is 9.59 Å². The number of aromatic nitrogens is 2. The van der Waals surface area contributed by atoms with Gasteiger partial charge in [-0.1, -0.05) is 19.1 Å². The Kier molecular flexibility index (Phi) is 8.33. The number of hydrogen-bond acceptors (Lipinski definition) is 6. The lowest BCUT2D eigenvalue weighted by Gasteiger charge is -2.35. The minimum atomic E-state index is -0.0628. The van der Waals surface area contributed by atoms with Crippen molar-refractivity contribution in [3.63, 3.8) is 0 Å². The summed E-state index contributed by atoms with van der Waals surface area (Å²) in [6, 6.07) is 17.7. The van der Waals surface area contributed by atoms with Gasteiger partial charge in [-0.25, -0.2) is 9.97 Å². The van der Waals surface area contributed by atoms with Gasteiger partial charge in [-0.05, 0) is 112 Å². The third-order valence-electron chi connectivity index (χ3n) is 8.48. The fourth-order valence-corrected chi connectivity index (χ4v) is 7.24. The van der Waals surface area contributed by atoms with Crippen molar-refractivity contribution >= 4 is 40.5 Å². The summed E-state index contributed by atoms with van der Waals surface area (Å²) in [5.41, 5.74) is 6.25. The van der Waals surface area contributed by atoms with E-state index in [1.807, 2.05) is 60.4 Å². The summed E-state index contributed by atoms with van der Waals surface area (Å²) in [5, 5.41) is 6.40. The first kappa shape index (κ1) is 28.1. The number of likely N-dealkylation sites (tertiary alicyclic amines) is 1. The first-order valence-electron chi connectivity index (χ1n) is 15.0. The monoisotopic (exact) mass is 579 g/mol. The molecule has 0 radical (unpaired) electrons. The number of rotatable bonds is 7. The molecule has 216 valence electrons. The Morgan fingerprint density at radius 3 is 2.67 bits per heavy atom. The van der Waals surface area contributed by atoms with Crippen LogP contribution in [0.1, 0.15) is 81.5 Å². The highest BCUT2D eigenvalue weighted by Gasteiger charge is 2.26. The topological polar surface area (TPSA) is 87.2 Å². The van der Waals surface area contributed by atoms with Crippen molar-refractivity contribution in [2.75, 3.05) is 17.2 Å². The summed E-state index contributed by atoms with van der Waals surface area (Å²) in [5.74, 6) is 0.506. The van der Waals surface area contributed by atoms with Crippen LogP contribution in [0.15, 0.2) is 60.8 Å². The van der Waals surface area contributed by atoms with Gasteiger partial charge in [0, 0.05) is 46.2 Å². The molecule has 6 rings (SSSR count). The molecular weight excluding hydrogens is 542 g/mol. The van der Waals surface area contributed by atoms with E-state index in [2.05, 4.69) is 28.6 Å². The molecule has 0 bridgehead atoms. The molecular formula is C34H37N5O2S. The highest BCUT2D eigenvalue weighted by Crippen LogP contribution is 2.32. The number of nitrogens with one attached hydrogen (secondary N) is 2. The SMILES string of the molecule is CCC1CCCCN1C(=O)c1ccc(Nc2nccc(-c3cccc(NC(=O)c4cc5c(s4)CCCC5)c3C)n2)cc1. The molecule has 2 aromatic heterocycles. The Labute approximate surface area is 251 Å². The van der Waals surface area contributed by atoms with Gasteiger partial charge in [0.15, 0.2) is 0 Å². The molecule has 2 aromatic carbocycles. The van der Waals surface area contributed by atoms with Crippen LogP contribution in [0.5, 0.6) is 0 Å². The lowest BCUT2D eigenvalue weighted by Crippen LogP contribution is -2.43. The predicted molar refractivity (Wildman–Crippen MR) is 170 cm³/mol. The number of nitrogens with zero attached hydrogens (tertiary/aromatic N) is 3. The molecule has 2 aliphatic rings. The maximum Gasteiger partial charge on any atom is 0.265 e. The number of piperidine rings is 1.